The molecule has 1 aromatic heterocycles. The molecule has 0 unspecified atom stereocenters. The second kappa shape index (κ2) is 7.65. The summed E-state index contributed by atoms with van der Waals surface area (Å²) in [4.78, 5) is 0.787. The summed E-state index contributed by atoms with van der Waals surface area (Å²) in [5.41, 5.74) is 0.678. The number of hydrogen-bond donors (Lipinski definition) is 0. The quantitative estimate of drug-likeness (QED) is 0.725. The minimum Gasteiger partial charge on any atom is -0.207 e. The van der Waals surface area contributed by atoms with Gasteiger partial charge in [0.25, 0.3) is 0 Å². The fourth-order valence-corrected chi connectivity index (χ4v) is 2.18. The monoisotopic (exact) mass is 320 g/mol. The highest BCUT2D eigenvalue weighted by Crippen LogP contribution is 2.20. The van der Waals surface area contributed by atoms with E-state index in [0.717, 1.165) is 4.90 Å². The van der Waals surface area contributed by atoms with Crippen LogP contribution >= 0.6 is 11.9 Å². The summed E-state index contributed by atoms with van der Waals surface area (Å²) in [5, 5.41) is 11.9. The molecule has 0 saturated carbocycles. The molecule has 7 heteroatoms. The second-order valence-electron chi connectivity index (χ2n) is 3.92. The van der Waals surface area contributed by atoms with Crippen molar-refractivity contribution in [3.05, 3.63) is 60.2 Å². The van der Waals surface area contributed by atoms with Crippen molar-refractivity contribution in [2.75, 3.05) is 0 Å². The van der Waals surface area contributed by atoms with Crippen LogP contribution in [-0.4, -0.2) is 19.6 Å². The van der Waals surface area contributed by atoms with Gasteiger partial charge in [-0.25, -0.2) is 8.78 Å². The van der Waals surface area contributed by atoms with Crippen LogP contribution in [0.2, 0.25) is 0 Å². The largest absolute Gasteiger partial charge is 0.207 e. The summed E-state index contributed by atoms with van der Waals surface area (Å²) in [5.74, 6) is -0.214. The van der Waals surface area contributed by atoms with E-state index in [1.807, 2.05) is 13.8 Å². The Hall–Kier alpha value is -2.28. The highest BCUT2D eigenvalue weighted by Gasteiger charge is 2.07. The number of tetrazole rings is 1. The molecule has 0 fully saturated rings. The minimum atomic E-state index is -0.318. The van der Waals surface area contributed by atoms with Gasteiger partial charge in [0.2, 0.25) is 5.82 Å². The average Bonchev–Trinajstić information content (AvgIpc) is 3.01. The fraction of sp³-hybridized carbons (Fsp3) is 0.133. The summed E-state index contributed by atoms with van der Waals surface area (Å²) < 4.78 is 26.9. The molecule has 3 rings (SSSR count). The number of aromatic nitrogens is 4. The van der Waals surface area contributed by atoms with Crippen molar-refractivity contribution in [1.82, 2.24) is 19.6 Å². The molecule has 0 spiro atoms. The third kappa shape index (κ3) is 4.11. The maximum absolute atomic E-state index is 12.8. The Morgan fingerprint density at radius 1 is 0.864 bits per heavy atom. The van der Waals surface area contributed by atoms with Crippen LogP contribution in [0.3, 0.4) is 0 Å². The SMILES string of the molecule is CC.Fc1ccc(Sn2nnc(-c3ccc(F)cc3)n2)cc1. The molecule has 0 atom stereocenters. The van der Waals surface area contributed by atoms with Crippen LogP contribution in [0.1, 0.15) is 13.8 Å². The van der Waals surface area contributed by atoms with Crippen LogP contribution in [0.5, 0.6) is 0 Å². The number of nitrogens with zero attached hydrogens (tertiary/aromatic N) is 4. The van der Waals surface area contributed by atoms with Gasteiger partial charge < -0.3 is 0 Å². The second-order valence-corrected chi connectivity index (χ2v) is 4.90. The molecule has 0 aliphatic rings. The van der Waals surface area contributed by atoms with E-state index in [4.69, 9.17) is 0 Å². The van der Waals surface area contributed by atoms with Crippen LogP contribution in [0.25, 0.3) is 11.4 Å². The van der Waals surface area contributed by atoms with E-state index in [0.29, 0.717) is 11.4 Å². The zero-order valence-electron chi connectivity index (χ0n) is 12.1. The Labute approximate surface area is 131 Å². The lowest BCUT2D eigenvalue weighted by Gasteiger charge is -1.97. The first-order chi connectivity index (χ1) is 10.7. The molecule has 0 N–H and O–H groups in total. The van der Waals surface area contributed by atoms with Crippen LogP contribution in [0, 0.1) is 11.6 Å². The lowest BCUT2D eigenvalue weighted by molar-refractivity contribution is 0.626. The zero-order chi connectivity index (χ0) is 15.9. The molecular formula is C15H14F2N4S. The summed E-state index contributed by atoms with van der Waals surface area (Å²) in [7, 11) is 0. The lowest BCUT2D eigenvalue weighted by Crippen LogP contribution is -1.92. The van der Waals surface area contributed by atoms with E-state index in [1.54, 1.807) is 24.3 Å². The Kier molecular flexibility index (Phi) is 5.60. The number of benzene rings is 2. The van der Waals surface area contributed by atoms with E-state index < -0.39 is 0 Å². The normalized spacial score (nSPS) is 10.0. The maximum atomic E-state index is 12.8. The molecule has 0 amide bonds. The van der Waals surface area contributed by atoms with E-state index in [-0.39, 0.29) is 11.6 Å². The standard InChI is InChI=1S/C13H8F2N4S.C2H6/c14-10-3-1-9(2-4-10)13-16-18-19(17-13)20-12-7-5-11(15)6-8-12;1-2/h1-8H;1-2H3. The summed E-state index contributed by atoms with van der Waals surface area (Å²) >= 11 is 1.21. The van der Waals surface area contributed by atoms with Gasteiger partial charge in [-0.15, -0.1) is 10.2 Å². The third-order valence-corrected chi connectivity index (χ3v) is 3.30. The van der Waals surface area contributed by atoms with Gasteiger partial charge in [-0.05, 0) is 53.7 Å². The van der Waals surface area contributed by atoms with Crippen molar-refractivity contribution in [2.24, 2.45) is 0 Å². The first kappa shape index (κ1) is 16.1. The predicted molar refractivity (Wildman–Crippen MR) is 82.2 cm³/mol. The Morgan fingerprint density at radius 3 is 2.00 bits per heavy atom. The average molecular weight is 320 g/mol. The van der Waals surface area contributed by atoms with E-state index in [2.05, 4.69) is 15.4 Å². The first-order valence-corrected chi connectivity index (χ1v) is 7.48. The molecule has 2 aromatic carbocycles. The molecule has 22 heavy (non-hydrogen) atoms. The number of hydrogen-bond acceptors (Lipinski definition) is 4. The Bertz CT molecular complexity index is 711. The predicted octanol–water partition coefficient (Wildman–Crippen LogP) is 4.20. The van der Waals surface area contributed by atoms with Crippen LogP contribution in [-0.2, 0) is 0 Å². The highest BCUT2D eigenvalue weighted by molar-refractivity contribution is 7.97. The van der Waals surface area contributed by atoms with Gasteiger partial charge in [0.1, 0.15) is 11.6 Å². The van der Waals surface area contributed by atoms with E-state index >= 15 is 0 Å². The van der Waals surface area contributed by atoms with Gasteiger partial charge in [0.05, 0.1) is 0 Å². The van der Waals surface area contributed by atoms with Gasteiger partial charge in [-0.1, -0.05) is 18.0 Å². The maximum Gasteiger partial charge on any atom is 0.206 e. The smallest absolute Gasteiger partial charge is 0.206 e. The van der Waals surface area contributed by atoms with E-state index in [9.17, 15) is 8.78 Å². The van der Waals surface area contributed by atoms with Gasteiger partial charge in [-0.3, -0.25) is 0 Å². The molecule has 114 valence electrons. The van der Waals surface area contributed by atoms with E-state index in [1.165, 1.54) is 40.4 Å². The van der Waals surface area contributed by atoms with Gasteiger partial charge in [-0.2, -0.15) is 0 Å². The molecule has 0 aliphatic heterocycles. The summed E-state index contributed by atoms with van der Waals surface area (Å²) in [6, 6.07) is 11.8. The summed E-state index contributed by atoms with van der Waals surface area (Å²) in [6.07, 6.45) is 0. The molecule has 1 heterocycles. The van der Waals surface area contributed by atoms with Crippen molar-refractivity contribution in [3.63, 3.8) is 0 Å². The molecule has 0 saturated heterocycles. The minimum absolute atomic E-state index is 0.298. The zero-order valence-corrected chi connectivity index (χ0v) is 12.9. The van der Waals surface area contributed by atoms with Gasteiger partial charge in [0, 0.05) is 22.4 Å². The Morgan fingerprint density at radius 2 is 1.41 bits per heavy atom. The molecule has 3 aromatic rings. The Balaban J connectivity index is 0.000000847. The molecule has 0 radical (unpaired) electrons. The number of halogens is 2. The van der Waals surface area contributed by atoms with Crippen molar-refractivity contribution < 1.29 is 8.78 Å². The number of rotatable bonds is 3. The molecule has 4 nitrogen and oxygen atoms in total. The molecule has 0 aliphatic carbocycles. The van der Waals surface area contributed by atoms with Crippen molar-refractivity contribution >= 4 is 11.9 Å². The lowest BCUT2D eigenvalue weighted by atomic mass is 10.2. The van der Waals surface area contributed by atoms with Crippen molar-refractivity contribution in [3.8, 4) is 11.4 Å². The van der Waals surface area contributed by atoms with Gasteiger partial charge in [0.15, 0.2) is 0 Å². The van der Waals surface area contributed by atoms with Crippen LogP contribution < -0.4 is 0 Å². The summed E-state index contributed by atoms with van der Waals surface area (Å²) in [6.45, 7) is 4.00. The highest BCUT2D eigenvalue weighted by atomic mass is 32.2. The molecular weight excluding hydrogens is 306 g/mol. The fourth-order valence-electron chi connectivity index (χ4n) is 1.54. The molecule has 0 bridgehead atoms. The first-order valence-electron chi connectivity index (χ1n) is 6.70. The third-order valence-electron chi connectivity index (χ3n) is 2.50. The van der Waals surface area contributed by atoms with Crippen LogP contribution in [0.4, 0.5) is 8.78 Å². The van der Waals surface area contributed by atoms with Crippen molar-refractivity contribution in [1.29, 1.82) is 0 Å². The van der Waals surface area contributed by atoms with Crippen LogP contribution in [0.15, 0.2) is 53.4 Å². The van der Waals surface area contributed by atoms with Gasteiger partial charge >= 0.3 is 0 Å². The topological polar surface area (TPSA) is 43.6 Å². The van der Waals surface area contributed by atoms with Crippen molar-refractivity contribution in [2.45, 2.75) is 18.7 Å².